The molecular formula is C36H47N3O4. The van der Waals surface area contributed by atoms with Gasteiger partial charge in [-0.25, -0.2) is 0 Å². The standard InChI is InChI=1S/C36H47N3O4/c1-2-24-6-3-4-8-32(41)36-25(10-9-24)11-12-26(21-33(36)42)27-13-14-31(40)34(22-27)43-19-16-29(20-30-7-5-17-38-30)28-15-18-39-35(37)23-28/h5,7,11-15,17,22-26,29,32-33,36,38-42H,2-4,6,8,16,18-21,37H2,1H3/t24-,25+,26-,29+,32-,33+,36+/m0/s1. The van der Waals surface area contributed by atoms with Gasteiger partial charge >= 0.3 is 0 Å². The molecule has 0 spiro atoms. The zero-order valence-corrected chi connectivity index (χ0v) is 25.2. The lowest BCUT2D eigenvalue weighted by atomic mass is 9.79. The minimum atomic E-state index is -0.695. The van der Waals surface area contributed by atoms with E-state index in [9.17, 15) is 15.3 Å². The Balaban J connectivity index is 1.30. The van der Waals surface area contributed by atoms with Gasteiger partial charge in [0.1, 0.15) is 0 Å². The van der Waals surface area contributed by atoms with Crippen molar-refractivity contribution in [1.82, 2.24) is 10.3 Å². The van der Waals surface area contributed by atoms with Crippen LogP contribution in [0, 0.1) is 35.5 Å². The predicted octanol–water partition coefficient (Wildman–Crippen LogP) is 5.28. The number of aliphatic hydroxyl groups is 2. The second-order valence-electron chi connectivity index (χ2n) is 12.3. The normalized spacial score (nSPS) is 28.2. The van der Waals surface area contributed by atoms with Crippen molar-refractivity contribution in [2.75, 3.05) is 13.2 Å². The highest BCUT2D eigenvalue weighted by Gasteiger charge is 2.36. The highest BCUT2D eigenvalue weighted by Crippen LogP contribution is 2.39. The number of dihydropyridines is 1. The van der Waals surface area contributed by atoms with Crippen molar-refractivity contribution < 1.29 is 20.1 Å². The second-order valence-corrected chi connectivity index (χ2v) is 12.3. The van der Waals surface area contributed by atoms with Crippen molar-refractivity contribution in [1.29, 1.82) is 0 Å². The SMILES string of the molecule is CC[C@@H]1C#C[C@@H]2C=C[C@H](c3ccc(O)c(OCC[C@H](Cc4ccc[nH]4)C4=CCNC(N)=C4)c3)C[C@@H](O)[C@H]2[C@@H](O)CCCC1. The molecule has 230 valence electrons. The molecule has 1 aromatic carbocycles. The number of aromatic amines is 1. The number of aromatic nitrogens is 1. The lowest BCUT2D eigenvalue weighted by Crippen LogP contribution is -2.36. The molecule has 0 unspecified atom stereocenters. The van der Waals surface area contributed by atoms with Crippen LogP contribution in [0.3, 0.4) is 0 Å². The number of allylic oxidation sites excluding steroid dienone is 4. The van der Waals surface area contributed by atoms with Gasteiger partial charge < -0.3 is 36.1 Å². The first-order chi connectivity index (χ1) is 20.9. The number of aromatic hydroxyl groups is 1. The molecule has 0 amide bonds. The van der Waals surface area contributed by atoms with Crippen LogP contribution in [0.25, 0.3) is 0 Å². The van der Waals surface area contributed by atoms with E-state index in [2.05, 4.69) is 53.4 Å². The number of hydrogen-bond donors (Lipinski definition) is 6. The van der Waals surface area contributed by atoms with Gasteiger partial charge in [0.05, 0.1) is 24.6 Å². The summed E-state index contributed by atoms with van der Waals surface area (Å²) >= 11 is 0. The molecule has 7 nitrogen and oxygen atoms in total. The summed E-state index contributed by atoms with van der Waals surface area (Å²) in [6.45, 7) is 3.30. The maximum atomic E-state index is 11.4. The molecule has 7 atom stereocenters. The molecule has 0 bridgehead atoms. The van der Waals surface area contributed by atoms with Crippen LogP contribution < -0.4 is 15.8 Å². The van der Waals surface area contributed by atoms with Crippen LogP contribution in [0.4, 0.5) is 0 Å². The molecule has 2 aliphatic carbocycles. The topological polar surface area (TPSA) is 124 Å². The first-order valence-corrected chi connectivity index (χ1v) is 16.0. The van der Waals surface area contributed by atoms with Gasteiger partial charge in [-0.05, 0) is 85.9 Å². The molecule has 0 saturated carbocycles. The number of nitrogens with two attached hydrogens (primary N) is 1. The Morgan fingerprint density at radius 3 is 2.74 bits per heavy atom. The number of rotatable bonds is 9. The number of hydrogen-bond acceptors (Lipinski definition) is 6. The van der Waals surface area contributed by atoms with E-state index in [0.29, 0.717) is 43.5 Å². The Hall–Kier alpha value is -3.60. The summed E-state index contributed by atoms with van der Waals surface area (Å²) < 4.78 is 6.19. The fourth-order valence-corrected chi connectivity index (χ4v) is 6.73. The highest BCUT2D eigenvalue weighted by molar-refractivity contribution is 5.44. The van der Waals surface area contributed by atoms with Crippen LogP contribution in [-0.2, 0) is 6.42 Å². The summed E-state index contributed by atoms with van der Waals surface area (Å²) in [6.07, 6.45) is 15.8. The lowest BCUT2D eigenvalue weighted by Gasteiger charge is -2.31. The Morgan fingerprint density at radius 2 is 1.95 bits per heavy atom. The number of nitrogens with one attached hydrogen (secondary N) is 2. The van der Waals surface area contributed by atoms with Crippen LogP contribution in [0.1, 0.15) is 69.0 Å². The zero-order chi connectivity index (χ0) is 30.2. The summed E-state index contributed by atoms with van der Waals surface area (Å²) in [5, 5.41) is 36.3. The summed E-state index contributed by atoms with van der Waals surface area (Å²) in [4.78, 5) is 3.30. The maximum Gasteiger partial charge on any atom is 0.161 e. The van der Waals surface area contributed by atoms with Crippen LogP contribution in [0.5, 0.6) is 11.5 Å². The number of fused-ring (bicyclic) bond motifs is 1. The average molecular weight is 586 g/mol. The summed E-state index contributed by atoms with van der Waals surface area (Å²) in [5.41, 5.74) is 9.35. The summed E-state index contributed by atoms with van der Waals surface area (Å²) in [5.74, 6) is 8.04. The quantitative estimate of drug-likeness (QED) is 0.176. The maximum absolute atomic E-state index is 11.4. The van der Waals surface area contributed by atoms with Gasteiger partial charge in [-0.3, -0.25) is 0 Å². The van der Waals surface area contributed by atoms with Crippen molar-refractivity contribution in [3.8, 4) is 23.3 Å². The summed E-state index contributed by atoms with van der Waals surface area (Å²) in [7, 11) is 0. The van der Waals surface area contributed by atoms with Crippen molar-refractivity contribution in [3.63, 3.8) is 0 Å². The Morgan fingerprint density at radius 1 is 1.09 bits per heavy atom. The van der Waals surface area contributed by atoms with Gasteiger partial charge in [-0.15, -0.1) is 0 Å². The molecule has 2 aromatic rings. The number of benzene rings is 1. The van der Waals surface area contributed by atoms with E-state index in [1.165, 1.54) is 5.57 Å². The average Bonchev–Trinajstić information content (AvgIpc) is 3.45. The molecule has 1 aliphatic heterocycles. The molecule has 1 aromatic heterocycles. The van der Waals surface area contributed by atoms with E-state index in [4.69, 9.17) is 10.5 Å². The fourth-order valence-electron chi connectivity index (χ4n) is 6.73. The Labute approximate surface area is 255 Å². The molecule has 0 fully saturated rings. The van der Waals surface area contributed by atoms with Crippen molar-refractivity contribution in [3.05, 3.63) is 83.5 Å². The zero-order valence-electron chi connectivity index (χ0n) is 25.2. The molecule has 3 aliphatic rings. The monoisotopic (exact) mass is 585 g/mol. The van der Waals surface area contributed by atoms with E-state index >= 15 is 0 Å². The Kier molecular flexibility index (Phi) is 10.6. The van der Waals surface area contributed by atoms with Gasteiger partial charge in [0.2, 0.25) is 0 Å². The highest BCUT2D eigenvalue weighted by atomic mass is 16.5. The van der Waals surface area contributed by atoms with Crippen LogP contribution in [0.2, 0.25) is 0 Å². The van der Waals surface area contributed by atoms with Crippen LogP contribution in [0.15, 0.2) is 72.2 Å². The second kappa shape index (κ2) is 14.7. The number of phenolic OH excluding ortho intramolecular Hbond substituents is 1. The number of phenols is 1. The van der Waals surface area contributed by atoms with Gasteiger partial charge in [0, 0.05) is 42.1 Å². The number of ether oxygens (including phenoxy) is 1. The third-order valence-electron chi connectivity index (χ3n) is 9.30. The number of aliphatic hydroxyl groups excluding tert-OH is 2. The molecule has 7 N–H and O–H groups in total. The third kappa shape index (κ3) is 8.07. The first-order valence-electron chi connectivity index (χ1n) is 16.0. The smallest absolute Gasteiger partial charge is 0.161 e. The van der Waals surface area contributed by atoms with Gasteiger partial charge in [0.15, 0.2) is 11.5 Å². The number of H-pyrrole nitrogens is 1. The van der Waals surface area contributed by atoms with Gasteiger partial charge in [-0.1, -0.05) is 55.9 Å². The van der Waals surface area contributed by atoms with E-state index in [1.54, 1.807) is 6.07 Å². The fraction of sp³-hybridized carbons (Fsp3) is 0.500. The van der Waals surface area contributed by atoms with E-state index in [-0.39, 0.29) is 29.4 Å². The molecule has 0 saturated heterocycles. The Bertz CT molecular complexity index is 1350. The largest absolute Gasteiger partial charge is 0.504 e. The first kappa shape index (κ1) is 30.8. The molecule has 5 rings (SSSR count). The molecule has 7 heteroatoms. The summed E-state index contributed by atoms with van der Waals surface area (Å²) in [6, 6.07) is 9.54. The third-order valence-corrected chi connectivity index (χ3v) is 9.30. The van der Waals surface area contributed by atoms with Crippen molar-refractivity contribution in [2.45, 2.75) is 76.4 Å². The van der Waals surface area contributed by atoms with E-state index in [1.807, 2.05) is 30.5 Å². The van der Waals surface area contributed by atoms with Crippen LogP contribution in [-0.4, -0.2) is 45.7 Å². The molecule has 2 heterocycles. The molecular weight excluding hydrogens is 538 g/mol. The van der Waals surface area contributed by atoms with Crippen molar-refractivity contribution >= 4 is 0 Å². The van der Waals surface area contributed by atoms with Crippen molar-refractivity contribution in [2.24, 2.45) is 29.4 Å². The minimum Gasteiger partial charge on any atom is -0.504 e. The predicted molar refractivity (Wildman–Crippen MR) is 170 cm³/mol. The molecule has 43 heavy (non-hydrogen) atoms. The van der Waals surface area contributed by atoms with Gasteiger partial charge in [-0.2, -0.15) is 0 Å². The van der Waals surface area contributed by atoms with E-state index in [0.717, 1.165) is 49.8 Å². The lowest BCUT2D eigenvalue weighted by molar-refractivity contribution is -0.00705. The molecule has 0 radical (unpaired) electrons. The van der Waals surface area contributed by atoms with Gasteiger partial charge in [0.25, 0.3) is 0 Å². The van der Waals surface area contributed by atoms with Crippen LogP contribution >= 0.6 is 0 Å². The van der Waals surface area contributed by atoms with E-state index < -0.39 is 12.2 Å². The minimum absolute atomic E-state index is 0.0832.